The van der Waals surface area contributed by atoms with Gasteiger partial charge in [-0.3, -0.25) is 0 Å². The number of anilines is 2. The third-order valence-electron chi connectivity index (χ3n) is 3.61. The van der Waals surface area contributed by atoms with Crippen LogP contribution < -0.4 is 14.8 Å². The average molecular weight is 311 g/mol. The fraction of sp³-hybridized carbons (Fsp3) is 0.176. The highest BCUT2D eigenvalue weighted by atomic mass is 19.1. The van der Waals surface area contributed by atoms with E-state index >= 15 is 0 Å². The van der Waals surface area contributed by atoms with Gasteiger partial charge in [-0.05, 0) is 30.3 Å². The molecule has 0 bridgehead atoms. The molecule has 1 aliphatic rings. The standard InChI is InChI=1S/C17H14FN3O2/c18-11-2-4-14-13(8-11)17(20-10-19-14)21-12-3-5-15-16(9-12)23-7-1-6-22-15/h2-5,8-10H,1,6-7H2,(H,19,20,21). The van der Waals surface area contributed by atoms with Gasteiger partial charge in [0.1, 0.15) is 18.0 Å². The fourth-order valence-electron chi connectivity index (χ4n) is 2.51. The summed E-state index contributed by atoms with van der Waals surface area (Å²) in [5, 5.41) is 3.82. The second-order valence-corrected chi connectivity index (χ2v) is 5.22. The van der Waals surface area contributed by atoms with Gasteiger partial charge in [0, 0.05) is 23.6 Å². The molecule has 6 heteroatoms. The number of ether oxygens (including phenoxy) is 2. The van der Waals surface area contributed by atoms with Crippen LogP contribution in [0.3, 0.4) is 0 Å². The molecule has 1 N–H and O–H groups in total. The van der Waals surface area contributed by atoms with Gasteiger partial charge >= 0.3 is 0 Å². The van der Waals surface area contributed by atoms with Gasteiger partial charge in [-0.25, -0.2) is 14.4 Å². The molecule has 1 aromatic heterocycles. The van der Waals surface area contributed by atoms with Crippen LogP contribution in [0.15, 0.2) is 42.7 Å². The van der Waals surface area contributed by atoms with E-state index in [0.29, 0.717) is 35.7 Å². The van der Waals surface area contributed by atoms with Crippen molar-refractivity contribution in [2.75, 3.05) is 18.5 Å². The van der Waals surface area contributed by atoms with Crippen LogP contribution in [0.4, 0.5) is 15.9 Å². The number of benzene rings is 2. The molecule has 23 heavy (non-hydrogen) atoms. The summed E-state index contributed by atoms with van der Waals surface area (Å²) in [4.78, 5) is 8.36. The van der Waals surface area contributed by atoms with Crippen molar-refractivity contribution in [3.05, 3.63) is 48.5 Å². The summed E-state index contributed by atoms with van der Waals surface area (Å²) < 4.78 is 24.8. The van der Waals surface area contributed by atoms with E-state index in [1.165, 1.54) is 18.5 Å². The molecule has 4 rings (SSSR count). The van der Waals surface area contributed by atoms with Gasteiger partial charge in [0.25, 0.3) is 0 Å². The lowest BCUT2D eigenvalue weighted by molar-refractivity contribution is 0.297. The first-order chi connectivity index (χ1) is 11.3. The Morgan fingerprint density at radius 2 is 1.83 bits per heavy atom. The van der Waals surface area contributed by atoms with Crippen molar-refractivity contribution in [2.24, 2.45) is 0 Å². The van der Waals surface area contributed by atoms with Crippen molar-refractivity contribution in [2.45, 2.75) is 6.42 Å². The normalized spacial score (nSPS) is 13.6. The number of rotatable bonds is 2. The molecule has 0 fully saturated rings. The number of aromatic nitrogens is 2. The summed E-state index contributed by atoms with van der Waals surface area (Å²) in [7, 11) is 0. The highest BCUT2D eigenvalue weighted by molar-refractivity contribution is 5.90. The van der Waals surface area contributed by atoms with E-state index in [9.17, 15) is 4.39 Å². The van der Waals surface area contributed by atoms with Crippen LogP contribution in [0.5, 0.6) is 11.5 Å². The van der Waals surface area contributed by atoms with Gasteiger partial charge in [0.2, 0.25) is 0 Å². The quantitative estimate of drug-likeness (QED) is 0.782. The van der Waals surface area contributed by atoms with Gasteiger partial charge in [0.15, 0.2) is 11.5 Å². The van der Waals surface area contributed by atoms with Gasteiger partial charge in [-0.1, -0.05) is 0 Å². The van der Waals surface area contributed by atoms with E-state index < -0.39 is 0 Å². The summed E-state index contributed by atoms with van der Waals surface area (Å²) in [5.41, 5.74) is 1.47. The zero-order valence-corrected chi connectivity index (χ0v) is 12.3. The molecule has 0 radical (unpaired) electrons. The largest absolute Gasteiger partial charge is 0.490 e. The summed E-state index contributed by atoms with van der Waals surface area (Å²) >= 11 is 0. The van der Waals surface area contributed by atoms with Gasteiger partial charge in [0.05, 0.1) is 18.7 Å². The number of hydrogen-bond acceptors (Lipinski definition) is 5. The zero-order chi connectivity index (χ0) is 15.6. The predicted molar refractivity (Wildman–Crippen MR) is 84.8 cm³/mol. The number of hydrogen-bond donors (Lipinski definition) is 1. The Morgan fingerprint density at radius 3 is 2.74 bits per heavy atom. The molecular formula is C17H14FN3O2. The van der Waals surface area contributed by atoms with E-state index in [1.54, 1.807) is 6.07 Å². The molecule has 3 aromatic rings. The van der Waals surface area contributed by atoms with E-state index in [1.807, 2.05) is 18.2 Å². The van der Waals surface area contributed by atoms with Crippen LogP contribution in [-0.4, -0.2) is 23.2 Å². The van der Waals surface area contributed by atoms with E-state index in [4.69, 9.17) is 9.47 Å². The van der Waals surface area contributed by atoms with Gasteiger partial charge in [-0.2, -0.15) is 0 Å². The van der Waals surface area contributed by atoms with Gasteiger partial charge < -0.3 is 14.8 Å². The number of nitrogens with one attached hydrogen (secondary N) is 1. The molecule has 1 aliphatic heterocycles. The van der Waals surface area contributed by atoms with E-state index in [0.717, 1.165) is 17.9 Å². The molecular weight excluding hydrogens is 297 g/mol. The minimum atomic E-state index is -0.325. The minimum Gasteiger partial charge on any atom is -0.490 e. The first-order valence-corrected chi connectivity index (χ1v) is 7.36. The van der Waals surface area contributed by atoms with Crippen molar-refractivity contribution in [1.82, 2.24) is 9.97 Å². The molecule has 2 heterocycles. The number of halogens is 1. The van der Waals surface area contributed by atoms with Crippen LogP contribution in [0.2, 0.25) is 0 Å². The van der Waals surface area contributed by atoms with Crippen LogP contribution in [0.1, 0.15) is 6.42 Å². The zero-order valence-electron chi connectivity index (χ0n) is 12.3. The third-order valence-corrected chi connectivity index (χ3v) is 3.61. The molecule has 0 saturated heterocycles. The molecule has 116 valence electrons. The van der Waals surface area contributed by atoms with Crippen LogP contribution in [0, 0.1) is 5.82 Å². The lowest BCUT2D eigenvalue weighted by Crippen LogP contribution is -1.98. The van der Waals surface area contributed by atoms with Crippen molar-refractivity contribution < 1.29 is 13.9 Å². The molecule has 0 atom stereocenters. The Bertz CT molecular complexity index is 870. The molecule has 2 aromatic carbocycles. The smallest absolute Gasteiger partial charge is 0.163 e. The van der Waals surface area contributed by atoms with Crippen molar-refractivity contribution in [3.63, 3.8) is 0 Å². The molecule has 0 spiro atoms. The lowest BCUT2D eigenvalue weighted by Gasteiger charge is -2.12. The minimum absolute atomic E-state index is 0.325. The molecule has 0 aliphatic carbocycles. The maximum Gasteiger partial charge on any atom is 0.163 e. The summed E-state index contributed by atoms with van der Waals surface area (Å²) in [6.45, 7) is 1.27. The van der Waals surface area contributed by atoms with Crippen LogP contribution >= 0.6 is 0 Å². The van der Waals surface area contributed by atoms with E-state index in [-0.39, 0.29) is 5.82 Å². The Balaban J connectivity index is 1.71. The molecule has 0 saturated carbocycles. The van der Waals surface area contributed by atoms with Crippen molar-refractivity contribution in [3.8, 4) is 11.5 Å². The van der Waals surface area contributed by atoms with Gasteiger partial charge in [-0.15, -0.1) is 0 Å². The Labute approximate surface area is 132 Å². The third kappa shape index (κ3) is 2.75. The number of fused-ring (bicyclic) bond motifs is 2. The topological polar surface area (TPSA) is 56.3 Å². The summed E-state index contributed by atoms with van der Waals surface area (Å²) in [6.07, 6.45) is 2.30. The molecule has 5 nitrogen and oxygen atoms in total. The Morgan fingerprint density at radius 1 is 0.957 bits per heavy atom. The maximum atomic E-state index is 13.5. The SMILES string of the molecule is Fc1ccc2ncnc(Nc3ccc4c(c3)OCCCO4)c2c1. The van der Waals surface area contributed by atoms with Crippen LogP contribution in [0.25, 0.3) is 10.9 Å². The first kappa shape index (κ1) is 13.8. The van der Waals surface area contributed by atoms with Crippen molar-refractivity contribution >= 4 is 22.4 Å². The predicted octanol–water partition coefficient (Wildman–Crippen LogP) is 3.67. The monoisotopic (exact) mass is 311 g/mol. The summed E-state index contributed by atoms with van der Waals surface area (Å²) in [5.74, 6) is 1.64. The molecule has 0 unspecified atom stereocenters. The van der Waals surface area contributed by atoms with Crippen molar-refractivity contribution in [1.29, 1.82) is 0 Å². The van der Waals surface area contributed by atoms with Crippen LogP contribution in [-0.2, 0) is 0 Å². The maximum absolute atomic E-state index is 13.5. The highest BCUT2D eigenvalue weighted by Crippen LogP contribution is 2.33. The second-order valence-electron chi connectivity index (χ2n) is 5.22. The highest BCUT2D eigenvalue weighted by Gasteiger charge is 2.12. The first-order valence-electron chi connectivity index (χ1n) is 7.36. The lowest BCUT2D eigenvalue weighted by atomic mass is 10.2. The Kier molecular flexibility index (Phi) is 3.42. The Hall–Kier alpha value is -2.89. The second kappa shape index (κ2) is 5.72. The van der Waals surface area contributed by atoms with E-state index in [2.05, 4.69) is 15.3 Å². The summed E-state index contributed by atoms with van der Waals surface area (Å²) in [6, 6.07) is 10.0. The average Bonchev–Trinajstić information content (AvgIpc) is 2.80. The molecule has 0 amide bonds. The number of nitrogens with zero attached hydrogens (tertiary/aromatic N) is 2. The fourth-order valence-corrected chi connectivity index (χ4v) is 2.51.